The number of nitrogens with one attached hydrogen (secondary N) is 1. The normalized spacial score (nSPS) is 16.0. The number of ether oxygens (including phenoxy) is 1. The summed E-state index contributed by atoms with van der Waals surface area (Å²) in [5, 5.41) is 8.12. The Hall–Kier alpha value is -2.54. The molecule has 3 aromatic heterocycles. The third-order valence-electron chi connectivity index (χ3n) is 3.79. The molecule has 1 fully saturated rings. The molecule has 0 amide bonds. The van der Waals surface area contributed by atoms with E-state index in [-0.39, 0.29) is 0 Å². The van der Waals surface area contributed by atoms with Crippen LogP contribution in [0, 0.1) is 0 Å². The third-order valence-corrected chi connectivity index (χ3v) is 3.79. The Balaban J connectivity index is 1.67. The first kappa shape index (κ1) is 13.1. The van der Waals surface area contributed by atoms with Crippen LogP contribution in [0.25, 0.3) is 16.9 Å². The Labute approximate surface area is 127 Å². The number of fused-ring (bicyclic) bond motifs is 1. The van der Waals surface area contributed by atoms with E-state index in [2.05, 4.69) is 25.4 Å². The minimum atomic E-state index is 0.408. The van der Waals surface area contributed by atoms with E-state index < -0.39 is 0 Å². The fourth-order valence-electron chi connectivity index (χ4n) is 2.63. The molecule has 1 N–H and O–H groups in total. The maximum atomic E-state index is 5.38. The summed E-state index contributed by atoms with van der Waals surface area (Å²) in [6, 6.07) is 4.33. The summed E-state index contributed by atoms with van der Waals surface area (Å²) < 4.78 is 7.20. The molecule has 1 aliphatic heterocycles. The fourth-order valence-corrected chi connectivity index (χ4v) is 2.63. The Morgan fingerprint density at radius 1 is 1.09 bits per heavy atom. The summed E-state index contributed by atoms with van der Waals surface area (Å²) in [4.78, 5) is 12.5. The summed E-state index contributed by atoms with van der Waals surface area (Å²) in [6.07, 6.45) is 8.83. The second-order valence-corrected chi connectivity index (χ2v) is 5.29. The van der Waals surface area contributed by atoms with Crippen molar-refractivity contribution in [2.75, 3.05) is 18.5 Å². The van der Waals surface area contributed by atoms with Crippen molar-refractivity contribution in [2.45, 2.75) is 18.9 Å². The lowest BCUT2D eigenvalue weighted by Gasteiger charge is -2.23. The SMILES string of the molecule is c1ncc(-c2cnc3ccc(NC4CCOCC4)nn23)cn1. The minimum Gasteiger partial charge on any atom is -0.381 e. The van der Waals surface area contributed by atoms with E-state index in [1.807, 2.05) is 16.6 Å². The number of imidazole rings is 1. The number of aromatic nitrogens is 5. The first-order valence-electron chi connectivity index (χ1n) is 7.34. The van der Waals surface area contributed by atoms with Gasteiger partial charge in [-0.25, -0.2) is 19.5 Å². The molecule has 7 nitrogen and oxygen atoms in total. The van der Waals surface area contributed by atoms with Crippen LogP contribution in [-0.4, -0.2) is 43.8 Å². The molecular weight excluding hydrogens is 280 g/mol. The van der Waals surface area contributed by atoms with Gasteiger partial charge in [0, 0.05) is 37.2 Å². The molecule has 0 aliphatic carbocycles. The number of rotatable bonds is 3. The van der Waals surface area contributed by atoms with Crippen molar-refractivity contribution in [1.29, 1.82) is 0 Å². The van der Waals surface area contributed by atoms with Crippen molar-refractivity contribution >= 4 is 11.5 Å². The van der Waals surface area contributed by atoms with Gasteiger partial charge in [-0.05, 0) is 25.0 Å². The predicted molar refractivity (Wildman–Crippen MR) is 81.5 cm³/mol. The average Bonchev–Trinajstić information content (AvgIpc) is 3.00. The third kappa shape index (κ3) is 2.50. The minimum absolute atomic E-state index is 0.408. The molecule has 4 rings (SSSR count). The van der Waals surface area contributed by atoms with Crippen molar-refractivity contribution < 1.29 is 4.74 Å². The van der Waals surface area contributed by atoms with E-state index in [9.17, 15) is 0 Å². The number of anilines is 1. The van der Waals surface area contributed by atoms with Gasteiger partial charge >= 0.3 is 0 Å². The van der Waals surface area contributed by atoms with Gasteiger partial charge in [-0.3, -0.25) is 0 Å². The molecule has 0 aromatic carbocycles. The number of hydrogen-bond acceptors (Lipinski definition) is 6. The van der Waals surface area contributed by atoms with Crippen LogP contribution < -0.4 is 5.32 Å². The molecule has 0 unspecified atom stereocenters. The fraction of sp³-hybridized carbons (Fsp3) is 0.333. The molecule has 0 spiro atoms. The van der Waals surface area contributed by atoms with Crippen molar-refractivity contribution in [3.63, 3.8) is 0 Å². The van der Waals surface area contributed by atoms with Crippen molar-refractivity contribution in [2.24, 2.45) is 0 Å². The highest BCUT2D eigenvalue weighted by Crippen LogP contribution is 2.20. The molecule has 0 radical (unpaired) electrons. The van der Waals surface area contributed by atoms with Gasteiger partial charge in [0.05, 0.1) is 11.9 Å². The van der Waals surface area contributed by atoms with Gasteiger partial charge in [-0.2, -0.15) is 0 Å². The topological polar surface area (TPSA) is 77.2 Å². The molecule has 0 bridgehead atoms. The van der Waals surface area contributed by atoms with Gasteiger partial charge < -0.3 is 10.1 Å². The second-order valence-electron chi connectivity index (χ2n) is 5.29. The summed E-state index contributed by atoms with van der Waals surface area (Å²) >= 11 is 0. The van der Waals surface area contributed by atoms with E-state index in [4.69, 9.17) is 4.74 Å². The van der Waals surface area contributed by atoms with Crippen LogP contribution in [0.4, 0.5) is 5.82 Å². The Morgan fingerprint density at radius 2 is 1.91 bits per heavy atom. The van der Waals surface area contributed by atoms with Gasteiger partial charge in [0.1, 0.15) is 12.1 Å². The summed E-state index contributed by atoms with van der Waals surface area (Å²) in [5.41, 5.74) is 2.58. The molecular formula is C15H16N6O. The zero-order valence-electron chi connectivity index (χ0n) is 12.0. The van der Waals surface area contributed by atoms with Crippen LogP contribution in [0.5, 0.6) is 0 Å². The quantitative estimate of drug-likeness (QED) is 0.794. The summed E-state index contributed by atoms with van der Waals surface area (Å²) in [5.74, 6) is 0.843. The van der Waals surface area contributed by atoms with E-state index in [0.717, 1.165) is 48.8 Å². The van der Waals surface area contributed by atoms with Gasteiger partial charge in [-0.1, -0.05) is 0 Å². The van der Waals surface area contributed by atoms with E-state index in [1.165, 1.54) is 6.33 Å². The van der Waals surface area contributed by atoms with Crippen molar-refractivity contribution in [3.8, 4) is 11.3 Å². The lowest BCUT2D eigenvalue weighted by atomic mass is 10.1. The molecule has 22 heavy (non-hydrogen) atoms. The molecule has 4 heterocycles. The molecule has 1 aliphatic rings. The Bertz CT molecular complexity index is 766. The lowest BCUT2D eigenvalue weighted by molar-refractivity contribution is 0.0903. The molecule has 0 saturated carbocycles. The number of nitrogens with zero attached hydrogens (tertiary/aromatic N) is 5. The summed E-state index contributed by atoms with van der Waals surface area (Å²) in [7, 11) is 0. The summed E-state index contributed by atoms with van der Waals surface area (Å²) in [6.45, 7) is 1.61. The highest BCUT2D eigenvalue weighted by molar-refractivity contribution is 5.61. The number of hydrogen-bond donors (Lipinski definition) is 1. The largest absolute Gasteiger partial charge is 0.381 e. The van der Waals surface area contributed by atoms with Gasteiger partial charge in [-0.15, -0.1) is 5.10 Å². The van der Waals surface area contributed by atoms with E-state index in [1.54, 1.807) is 18.6 Å². The van der Waals surface area contributed by atoms with E-state index >= 15 is 0 Å². The van der Waals surface area contributed by atoms with Crippen LogP contribution in [0.2, 0.25) is 0 Å². The smallest absolute Gasteiger partial charge is 0.154 e. The van der Waals surface area contributed by atoms with Gasteiger partial charge in [0.2, 0.25) is 0 Å². The standard InChI is InChI=1S/C15H16N6O/c1-2-15-18-9-13(11-7-16-10-17-8-11)21(15)20-14(1)19-12-3-5-22-6-4-12/h1-2,7-10,12H,3-6H2,(H,19,20). The molecule has 7 heteroatoms. The van der Waals surface area contributed by atoms with Crippen molar-refractivity contribution in [3.05, 3.63) is 37.1 Å². The lowest BCUT2D eigenvalue weighted by Crippen LogP contribution is -2.28. The molecule has 0 atom stereocenters. The average molecular weight is 296 g/mol. The Kier molecular flexibility index (Phi) is 3.40. The Morgan fingerprint density at radius 3 is 2.73 bits per heavy atom. The van der Waals surface area contributed by atoms with Crippen LogP contribution in [0.1, 0.15) is 12.8 Å². The maximum Gasteiger partial charge on any atom is 0.154 e. The predicted octanol–water partition coefficient (Wildman–Crippen LogP) is 1.78. The molecule has 3 aromatic rings. The van der Waals surface area contributed by atoms with Gasteiger partial charge in [0.15, 0.2) is 5.65 Å². The van der Waals surface area contributed by atoms with Gasteiger partial charge in [0.25, 0.3) is 0 Å². The van der Waals surface area contributed by atoms with Crippen LogP contribution in [-0.2, 0) is 4.74 Å². The van der Waals surface area contributed by atoms with Crippen molar-refractivity contribution in [1.82, 2.24) is 24.6 Å². The first-order valence-corrected chi connectivity index (χ1v) is 7.34. The van der Waals surface area contributed by atoms with Crippen LogP contribution in [0.15, 0.2) is 37.1 Å². The highest BCUT2D eigenvalue weighted by atomic mass is 16.5. The molecule has 1 saturated heterocycles. The first-order chi connectivity index (χ1) is 10.9. The molecule has 112 valence electrons. The van der Waals surface area contributed by atoms with Crippen LogP contribution in [0.3, 0.4) is 0 Å². The maximum absolute atomic E-state index is 5.38. The van der Waals surface area contributed by atoms with Crippen LogP contribution >= 0.6 is 0 Å². The zero-order chi connectivity index (χ0) is 14.8. The monoisotopic (exact) mass is 296 g/mol. The second kappa shape index (κ2) is 5.69. The zero-order valence-corrected chi connectivity index (χ0v) is 12.0. The highest BCUT2D eigenvalue weighted by Gasteiger charge is 2.15. The van der Waals surface area contributed by atoms with E-state index in [0.29, 0.717) is 6.04 Å².